The number of piperazine rings is 1. The van der Waals surface area contributed by atoms with Crippen LogP contribution in [0.3, 0.4) is 0 Å². The standard InChI is InChI=1S/C14H19N3S2.ClH/c1-10-7-17(11(2)5-15-10)8-13-6-16-14(19-13)12-3-4-18-9-12;/h3-4,6,9-11,15H,5,7-8H2,1-2H3;1H. The molecule has 110 valence electrons. The van der Waals surface area contributed by atoms with Crippen LogP contribution in [0.15, 0.2) is 23.0 Å². The van der Waals surface area contributed by atoms with Gasteiger partial charge >= 0.3 is 0 Å². The molecule has 0 aromatic carbocycles. The van der Waals surface area contributed by atoms with Crippen LogP contribution in [0.4, 0.5) is 0 Å². The summed E-state index contributed by atoms with van der Waals surface area (Å²) in [4.78, 5) is 8.46. The van der Waals surface area contributed by atoms with Crippen LogP contribution in [0.2, 0.25) is 0 Å². The predicted molar refractivity (Wildman–Crippen MR) is 90.0 cm³/mol. The second-order valence-corrected chi connectivity index (χ2v) is 7.13. The zero-order valence-electron chi connectivity index (χ0n) is 11.7. The molecule has 1 fully saturated rings. The van der Waals surface area contributed by atoms with E-state index < -0.39 is 0 Å². The normalized spacial score (nSPS) is 23.5. The molecule has 1 saturated heterocycles. The van der Waals surface area contributed by atoms with Gasteiger partial charge in [0.15, 0.2) is 0 Å². The van der Waals surface area contributed by atoms with Gasteiger partial charge in [0.2, 0.25) is 0 Å². The summed E-state index contributed by atoms with van der Waals surface area (Å²) in [5.74, 6) is 0. The van der Waals surface area contributed by atoms with Crippen molar-refractivity contribution < 1.29 is 0 Å². The Hall–Kier alpha value is -0.460. The summed E-state index contributed by atoms with van der Waals surface area (Å²) in [6.45, 7) is 7.77. The predicted octanol–water partition coefficient (Wildman–Crippen LogP) is 3.48. The number of hydrogen-bond acceptors (Lipinski definition) is 5. The highest BCUT2D eigenvalue weighted by Gasteiger charge is 2.22. The van der Waals surface area contributed by atoms with Crippen molar-refractivity contribution in [1.82, 2.24) is 15.2 Å². The van der Waals surface area contributed by atoms with Crippen LogP contribution >= 0.6 is 35.1 Å². The van der Waals surface area contributed by atoms with E-state index in [4.69, 9.17) is 0 Å². The fourth-order valence-corrected chi connectivity index (χ4v) is 4.07. The van der Waals surface area contributed by atoms with Crippen LogP contribution in [-0.4, -0.2) is 35.1 Å². The van der Waals surface area contributed by atoms with Gasteiger partial charge in [-0.25, -0.2) is 4.98 Å². The van der Waals surface area contributed by atoms with Gasteiger partial charge in [0.1, 0.15) is 5.01 Å². The molecule has 2 atom stereocenters. The van der Waals surface area contributed by atoms with Crippen molar-refractivity contribution in [3.63, 3.8) is 0 Å². The minimum atomic E-state index is 0. The van der Waals surface area contributed by atoms with Crippen molar-refractivity contribution in [2.45, 2.75) is 32.5 Å². The number of aromatic nitrogens is 1. The van der Waals surface area contributed by atoms with E-state index in [1.807, 2.05) is 17.5 Å². The summed E-state index contributed by atoms with van der Waals surface area (Å²) in [5, 5.41) is 8.94. The lowest BCUT2D eigenvalue weighted by atomic mass is 10.1. The molecule has 1 aliphatic rings. The fraction of sp³-hybridized carbons (Fsp3) is 0.500. The summed E-state index contributed by atoms with van der Waals surface area (Å²) in [7, 11) is 0. The Labute approximate surface area is 134 Å². The van der Waals surface area contributed by atoms with E-state index in [2.05, 4.69) is 45.9 Å². The number of nitrogens with one attached hydrogen (secondary N) is 1. The van der Waals surface area contributed by atoms with Gasteiger partial charge in [0.25, 0.3) is 0 Å². The first kappa shape index (κ1) is 15.9. The van der Waals surface area contributed by atoms with Crippen LogP contribution in [0.1, 0.15) is 18.7 Å². The molecule has 3 heterocycles. The fourth-order valence-electron chi connectivity index (χ4n) is 2.42. The van der Waals surface area contributed by atoms with E-state index in [-0.39, 0.29) is 12.4 Å². The number of halogens is 1. The van der Waals surface area contributed by atoms with E-state index in [1.54, 1.807) is 11.3 Å². The first-order valence-electron chi connectivity index (χ1n) is 6.67. The van der Waals surface area contributed by atoms with Gasteiger partial charge in [-0.1, -0.05) is 0 Å². The highest BCUT2D eigenvalue weighted by Crippen LogP contribution is 2.28. The SMILES string of the molecule is CC1CN(Cc2cnc(-c3ccsc3)s2)C(C)CN1.Cl. The highest BCUT2D eigenvalue weighted by molar-refractivity contribution is 7.15. The molecule has 2 aromatic heterocycles. The zero-order valence-corrected chi connectivity index (χ0v) is 14.2. The lowest BCUT2D eigenvalue weighted by Crippen LogP contribution is -2.53. The Morgan fingerprint density at radius 2 is 2.30 bits per heavy atom. The Kier molecular flexibility index (Phi) is 5.57. The van der Waals surface area contributed by atoms with Crippen molar-refractivity contribution in [3.8, 4) is 10.6 Å². The summed E-state index contributed by atoms with van der Waals surface area (Å²) in [6, 6.07) is 3.33. The van der Waals surface area contributed by atoms with Crippen LogP contribution < -0.4 is 5.32 Å². The largest absolute Gasteiger partial charge is 0.311 e. The molecule has 3 nitrogen and oxygen atoms in total. The molecule has 3 rings (SSSR count). The van der Waals surface area contributed by atoms with Crippen molar-refractivity contribution in [1.29, 1.82) is 0 Å². The van der Waals surface area contributed by atoms with E-state index >= 15 is 0 Å². The van der Waals surface area contributed by atoms with Gasteiger partial charge < -0.3 is 5.32 Å². The molecule has 2 unspecified atom stereocenters. The van der Waals surface area contributed by atoms with Crippen molar-refractivity contribution in [2.75, 3.05) is 13.1 Å². The Bertz CT molecular complexity index is 526. The molecule has 1 N–H and O–H groups in total. The summed E-state index contributed by atoms with van der Waals surface area (Å²) in [5.41, 5.74) is 1.25. The van der Waals surface area contributed by atoms with Crippen LogP contribution in [0.5, 0.6) is 0 Å². The lowest BCUT2D eigenvalue weighted by molar-refractivity contribution is 0.140. The smallest absolute Gasteiger partial charge is 0.124 e. The molecule has 6 heteroatoms. The van der Waals surface area contributed by atoms with Crippen LogP contribution in [0, 0.1) is 0 Å². The molecular weight excluding hydrogens is 310 g/mol. The molecule has 0 aliphatic carbocycles. The molecular formula is C14H20ClN3S2. The minimum absolute atomic E-state index is 0. The van der Waals surface area contributed by atoms with Crippen LogP contribution in [-0.2, 0) is 6.54 Å². The van der Waals surface area contributed by atoms with Gasteiger partial charge in [0.05, 0.1) is 0 Å². The minimum Gasteiger partial charge on any atom is -0.311 e. The van der Waals surface area contributed by atoms with E-state index in [9.17, 15) is 0 Å². The second-order valence-electron chi connectivity index (χ2n) is 5.23. The van der Waals surface area contributed by atoms with E-state index in [0.29, 0.717) is 12.1 Å². The first-order valence-corrected chi connectivity index (χ1v) is 8.43. The molecule has 0 bridgehead atoms. The third-order valence-corrected chi connectivity index (χ3v) is 5.29. The molecule has 1 aliphatic heterocycles. The molecule has 2 aromatic rings. The van der Waals surface area contributed by atoms with Crippen molar-refractivity contribution >= 4 is 35.1 Å². The number of thiazole rings is 1. The lowest BCUT2D eigenvalue weighted by Gasteiger charge is -2.37. The quantitative estimate of drug-likeness (QED) is 0.934. The van der Waals surface area contributed by atoms with Gasteiger partial charge in [-0.2, -0.15) is 11.3 Å². The maximum atomic E-state index is 4.55. The average molecular weight is 330 g/mol. The van der Waals surface area contributed by atoms with Gasteiger partial charge in [-0.05, 0) is 25.3 Å². The summed E-state index contributed by atoms with van der Waals surface area (Å²) >= 11 is 3.55. The van der Waals surface area contributed by atoms with Gasteiger partial charge in [-0.15, -0.1) is 23.7 Å². The number of hydrogen-bond donors (Lipinski definition) is 1. The average Bonchev–Trinajstić information content (AvgIpc) is 3.04. The van der Waals surface area contributed by atoms with E-state index in [0.717, 1.165) is 24.6 Å². The monoisotopic (exact) mass is 329 g/mol. The zero-order chi connectivity index (χ0) is 13.2. The highest BCUT2D eigenvalue weighted by atomic mass is 35.5. The van der Waals surface area contributed by atoms with Crippen molar-refractivity contribution in [2.24, 2.45) is 0 Å². The third kappa shape index (κ3) is 3.59. The van der Waals surface area contributed by atoms with Gasteiger partial charge in [-0.3, -0.25) is 4.90 Å². The molecule has 0 radical (unpaired) electrons. The van der Waals surface area contributed by atoms with Crippen molar-refractivity contribution in [3.05, 3.63) is 27.9 Å². The van der Waals surface area contributed by atoms with Gasteiger partial charge in [0, 0.05) is 53.7 Å². The molecule has 20 heavy (non-hydrogen) atoms. The van der Waals surface area contributed by atoms with E-state index in [1.165, 1.54) is 10.4 Å². The number of rotatable bonds is 3. The second kappa shape index (κ2) is 7.00. The topological polar surface area (TPSA) is 28.2 Å². The first-order chi connectivity index (χ1) is 9.22. The number of nitrogens with zero attached hydrogens (tertiary/aromatic N) is 2. The summed E-state index contributed by atoms with van der Waals surface area (Å²) < 4.78 is 0. The third-order valence-electron chi connectivity index (χ3n) is 3.57. The molecule has 0 spiro atoms. The molecule has 0 saturated carbocycles. The maximum absolute atomic E-state index is 4.55. The maximum Gasteiger partial charge on any atom is 0.124 e. The molecule has 0 amide bonds. The summed E-state index contributed by atoms with van der Waals surface area (Å²) in [6.07, 6.45) is 2.04. The number of thiophene rings is 1. The Morgan fingerprint density at radius 3 is 3.05 bits per heavy atom. The van der Waals surface area contributed by atoms with Crippen LogP contribution in [0.25, 0.3) is 10.6 Å². The Balaban J connectivity index is 0.00000147. The Morgan fingerprint density at radius 1 is 1.45 bits per heavy atom.